The van der Waals surface area contributed by atoms with Gasteiger partial charge >= 0.3 is 6.03 Å². The summed E-state index contributed by atoms with van der Waals surface area (Å²) >= 11 is 0. The summed E-state index contributed by atoms with van der Waals surface area (Å²) in [6, 6.07) is 6.19. The molecule has 3 heterocycles. The minimum atomic E-state index is 0.0218. The van der Waals surface area contributed by atoms with Crippen molar-refractivity contribution in [3.8, 4) is 0 Å². The molecule has 2 fully saturated rings. The predicted molar refractivity (Wildman–Crippen MR) is 97.5 cm³/mol. The van der Waals surface area contributed by atoms with Gasteiger partial charge in [-0.15, -0.1) is 0 Å². The summed E-state index contributed by atoms with van der Waals surface area (Å²) in [4.78, 5) is 20.9. The lowest BCUT2D eigenvalue weighted by Gasteiger charge is -2.34. The minimum absolute atomic E-state index is 0.0218. The normalized spacial score (nSPS) is 22.0. The second-order valence-electron chi connectivity index (χ2n) is 7.15. The fraction of sp³-hybridized carbons (Fsp3) is 0.684. The van der Waals surface area contributed by atoms with Crippen molar-refractivity contribution in [3.05, 3.63) is 30.1 Å². The molecule has 138 valence electrons. The van der Waals surface area contributed by atoms with Crippen molar-refractivity contribution in [3.63, 3.8) is 0 Å². The van der Waals surface area contributed by atoms with Crippen LogP contribution in [0.5, 0.6) is 0 Å². The molecule has 3 rings (SSSR count). The first-order chi connectivity index (χ1) is 12.2. The van der Waals surface area contributed by atoms with Crippen molar-refractivity contribution >= 4 is 6.03 Å². The van der Waals surface area contributed by atoms with Gasteiger partial charge in [-0.3, -0.25) is 4.98 Å². The molecule has 0 radical (unpaired) electrons. The van der Waals surface area contributed by atoms with Crippen LogP contribution in [0.15, 0.2) is 24.4 Å². The summed E-state index contributed by atoms with van der Waals surface area (Å²) < 4.78 is 5.72. The Hall–Kier alpha value is -1.66. The van der Waals surface area contributed by atoms with E-state index >= 15 is 0 Å². The van der Waals surface area contributed by atoms with Crippen LogP contribution in [0.25, 0.3) is 0 Å². The Bertz CT molecular complexity index is 525. The van der Waals surface area contributed by atoms with Crippen LogP contribution in [0.2, 0.25) is 0 Å². The Kier molecular flexibility index (Phi) is 6.64. The third-order valence-electron chi connectivity index (χ3n) is 5.18. The number of urea groups is 1. The van der Waals surface area contributed by atoms with E-state index in [-0.39, 0.29) is 12.1 Å². The number of hydrogen-bond donors (Lipinski definition) is 1. The lowest BCUT2D eigenvalue weighted by atomic mass is 10.0. The largest absolute Gasteiger partial charge is 0.377 e. The van der Waals surface area contributed by atoms with E-state index in [2.05, 4.69) is 15.2 Å². The van der Waals surface area contributed by atoms with Crippen molar-refractivity contribution in [2.75, 3.05) is 39.8 Å². The first kappa shape index (κ1) is 18.1. The molecule has 0 bridgehead atoms. The van der Waals surface area contributed by atoms with E-state index in [0.717, 1.165) is 51.2 Å². The maximum absolute atomic E-state index is 12.4. The highest BCUT2D eigenvalue weighted by atomic mass is 16.5. The van der Waals surface area contributed by atoms with Crippen molar-refractivity contribution in [1.82, 2.24) is 20.1 Å². The number of carbonyl (C=O) groups is 1. The summed E-state index contributed by atoms with van der Waals surface area (Å²) in [5.74, 6) is 0. The molecule has 0 aliphatic carbocycles. The molecule has 2 saturated heterocycles. The van der Waals surface area contributed by atoms with Gasteiger partial charge in [-0.25, -0.2) is 4.79 Å². The molecule has 0 aromatic carbocycles. The predicted octanol–water partition coefficient (Wildman–Crippen LogP) is 1.91. The van der Waals surface area contributed by atoms with E-state index in [4.69, 9.17) is 4.74 Å². The van der Waals surface area contributed by atoms with Gasteiger partial charge in [-0.2, -0.15) is 0 Å². The number of nitrogens with one attached hydrogen (secondary N) is 1. The molecule has 1 aromatic heterocycles. The number of carbonyl (C=O) groups excluding carboxylic acids is 1. The highest BCUT2D eigenvalue weighted by Gasteiger charge is 2.25. The molecule has 25 heavy (non-hydrogen) atoms. The van der Waals surface area contributed by atoms with Gasteiger partial charge in [0.25, 0.3) is 0 Å². The van der Waals surface area contributed by atoms with Crippen molar-refractivity contribution < 1.29 is 9.53 Å². The Morgan fingerprint density at radius 2 is 2.20 bits per heavy atom. The third kappa shape index (κ3) is 5.68. The second kappa shape index (κ2) is 9.15. The molecule has 6 nitrogen and oxygen atoms in total. The zero-order valence-corrected chi connectivity index (χ0v) is 15.2. The number of piperidine rings is 1. The molecule has 2 aliphatic heterocycles. The van der Waals surface area contributed by atoms with Gasteiger partial charge in [-0.1, -0.05) is 6.07 Å². The maximum atomic E-state index is 12.4. The zero-order valence-electron chi connectivity index (χ0n) is 15.2. The molecule has 2 amide bonds. The fourth-order valence-electron chi connectivity index (χ4n) is 3.55. The van der Waals surface area contributed by atoms with Crippen molar-refractivity contribution in [2.45, 2.75) is 44.2 Å². The highest BCUT2D eigenvalue weighted by Crippen LogP contribution is 2.17. The topological polar surface area (TPSA) is 57.7 Å². The number of ether oxygens (including phenoxy) is 1. The van der Waals surface area contributed by atoms with E-state index < -0.39 is 0 Å². The lowest BCUT2D eigenvalue weighted by molar-refractivity contribution is 0.0629. The number of hydrogen-bond acceptors (Lipinski definition) is 4. The molecule has 0 spiro atoms. The number of nitrogens with zero attached hydrogens (tertiary/aromatic N) is 3. The Morgan fingerprint density at radius 1 is 1.36 bits per heavy atom. The van der Waals surface area contributed by atoms with Gasteiger partial charge in [-0.05, 0) is 37.8 Å². The Labute approximate surface area is 150 Å². The number of pyridine rings is 1. The number of aromatic nitrogens is 1. The summed E-state index contributed by atoms with van der Waals surface area (Å²) in [5.41, 5.74) is 1.02. The average Bonchev–Trinajstić information content (AvgIpc) is 3.15. The van der Waals surface area contributed by atoms with E-state index in [0.29, 0.717) is 12.6 Å². The number of amides is 2. The van der Waals surface area contributed by atoms with Gasteiger partial charge in [0.1, 0.15) is 0 Å². The van der Waals surface area contributed by atoms with Crippen LogP contribution in [-0.2, 0) is 11.2 Å². The first-order valence-corrected chi connectivity index (χ1v) is 9.46. The number of likely N-dealkylation sites (N-methyl/N-ethyl adjacent to an activating group) is 1. The monoisotopic (exact) mass is 346 g/mol. The molecule has 0 unspecified atom stereocenters. The van der Waals surface area contributed by atoms with E-state index in [9.17, 15) is 4.79 Å². The summed E-state index contributed by atoms with van der Waals surface area (Å²) in [7, 11) is 1.85. The SMILES string of the molecule is CN(CCc1ccccn1)C(=O)NC1CCN(C[C@H]2CCCO2)CC1. The van der Waals surface area contributed by atoms with Crippen molar-refractivity contribution in [1.29, 1.82) is 0 Å². The van der Waals surface area contributed by atoms with Crippen LogP contribution in [0.1, 0.15) is 31.4 Å². The standard InChI is InChI=1S/C19H30N4O2/c1-22(11-7-16-5-2-3-10-20-16)19(24)21-17-8-12-23(13-9-17)15-18-6-4-14-25-18/h2-3,5,10,17-18H,4,6-9,11-15H2,1H3,(H,21,24)/t18-/m1/s1. The molecule has 1 aromatic rings. The maximum Gasteiger partial charge on any atom is 0.317 e. The lowest BCUT2D eigenvalue weighted by Crippen LogP contribution is -2.49. The van der Waals surface area contributed by atoms with Crippen molar-refractivity contribution in [2.24, 2.45) is 0 Å². The first-order valence-electron chi connectivity index (χ1n) is 9.46. The van der Waals surface area contributed by atoms with Gasteiger partial charge in [0.05, 0.1) is 6.10 Å². The minimum Gasteiger partial charge on any atom is -0.377 e. The second-order valence-corrected chi connectivity index (χ2v) is 7.15. The highest BCUT2D eigenvalue weighted by molar-refractivity contribution is 5.74. The smallest absolute Gasteiger partial charge is 0.317 e. The molecular weight excluding hydrogens is 316 g/mol. The van der Waals surface area contributed by atoms with Crippen LogP contribution in [0.3, 0.4) is 0 Å². The Balaban J connectivity index is 1.34. The third-order valence-corrected chi connectivity index (χ3v) is 5.18. The van der Waals surface area contributed by atoms with E-state index in [1.807, 2.05) is 25.2 Å². The van der Waals surface area contributed by atoms with Crippen LogP contribution in [0, 0.1) is 0 Å². The summed E-state index contributed by atoms with van der Waals surface area (Å²) in [6.45, 7) is 4.73. The van der Waals surface area contributed by atoms with Gasteiger partial charge in [0, 0.05) is 64.2 Å². The van der Waals surface area contributed by atoms with Gasteiger partial charge in [0.2, 0.25) is 0 Å². The van der Waals surface area contributed by atoms with Gasteiger partial charge < -0.3 is 19.9 Å². The van der Waals surface area contributed by atoms with E-state index in [1.165, 1.54) is 12.8 Å². The molecule has 2 aliphatic rings. The van der Waals surface area contributed by atoms with Crippen LogP contribution in [0.4, 0.5) is 4.79 Å². The van der Waals surface area contributed by atoms with E-state index in [1.54, 1.807) is 11.1 Å². The molecule has 1 N–H and O–H groups in total. The van der Waals surface area contributed by atoms with Crippen LogP contribution >= 0.6 is 0 Å². The molecule has 1 atom stereocenters. The van der Waals surface area contributed by atoms with Crippen LogP contribution < -0.4 is 5.32 Å². The average molecular weight is 346 g/mol. The Morgan fingerprint density at radius 3 is 2.88 bits per heavy atom. The molecular formula is C19H30N4O2. The quantitative estimate of drug-likeness (QED) is 0.855. The zero-order chi connectivity index (χ0) is 17.5. The summed E-state index contributed by atoms with van der Waals surface area (Å²) in [5, 5.41) is 3.18. The van der Waals surface area contributed by atoms with Gasteiger partial charge in [0.15, 0.2) is 0 Å². The molecule has 0 saturated carbocycles. The van der Waals surface area contributed by atoms with Crippen LogP contribution in [-0.4, -0.2) is 72.8 Å². The molecule has 6 heteroatoms. The summed E-state index contributed by atoms with van der Waals surface area (Å²) in [6.07, 6.45) is 7.42. The fourth-order valence-corrected chi connectivity index (χ4v) is 3.55. The number of likely N-dealkylation sites (tertiary alicyclic amines) is 1. The number of rotatable bonds is 6.